The first-order chi connectivity index (χ1) is 9.81. The predicted molar refractivity (Wildman–Crippen MR) is 74.4 cm³/mol. The van der Waals surface area contributed by atoms with Gasteiger partial charge in [-0.2, -0.15) is 0 Å². The lowest BCUT2D eigenvalue weighted by Crippen LogP contribution is -2.27. The smallest absolute Gasteiger partial charge is 0.220 e. The largest absolute Gasteiger partial charge is 0.379 e. The fraction of sp³-hybridized carbons (Fsp3) is 0.917. The molecular formula is C12H24N4O4. The third kappa shape index (κ3) is 14.7. The van der Waals surface area contributed by atoms with Crippen molar-refractivity contribution in [3.8, 4) is 0 Å². The maximum absolute atomic E-state index is 11.1. The van der Waals surface area contributed by atoms with Crippen LogP contribution in [0.5, 0.6) is 0 Å². The van der Waals surface area contributed by atoms with Crippen LogP contribution in [-0.4, -0.2) is 58.6 Å². The quantitative estimate of drug-likeness (QED) is 0.225. The second kappa shape index (κ2) is 15.7. The van der Waals surface area contributed by atoms with Gasteiger partial charge in [-0.15, -0.1) is 0 Å². The van der Waals surface area contributed by atoms with Crippen LogP contribution in [0.2, 0.25) is 0 Å². The second-order valence-electron chi connectivity index (χ2n) is 3.89. The minimum atomic E-state index is 0.0604. The third-order valence-corrected chi connectivity index (χ3v) is 2.19. The van der Waals surface area contributed by atoms with Crippen molar-refractivity contribution in [2.24, 2.45) is 5.11 Å². The maximum atomic E-state index is 11.1. The number of nitrogens with zero attached hydrogens (tertiary/aromatic N) is 3. The van der Waals surface area contributed by atoms with Crippen molar-refractivity contribution < 1.29 is 19.0 Å². The summed E-state index contributed by atoms with van der Waals surface area (Å²) >= 11 is 0. The fourth-order valence-corrected chi connectivity index (χ4v) is 1.27. The molecule has 0 aromatic rings. The van der Waals surface area contributed by atoms with Crippen molar-refractivity contribution in [3.63, 3.8) is 0 Å². The van der Waals surface area contributed by atoms with Crippen LogP contribution in [0.1, 0.15) is 19.8 Å². The lowest BCUT2D eigenvalue weighted by molar-refractivity contribution is -0.121. The summed E-state index contributed by atoms with van der Waals surface area (Å²) in [7, 11) is 0. The molecule has 20 heavy (non-hydrogen) atoms. The molecule has 0 aliphatic carbocycles. The van der Waals surface area contributed by atoms with Crippen LogP contribution in [0.3, 0.4) is 0 Å². The Kier molecular flexibility index (Phi) is 14.7. The van der Waals surface area contributed by atoms with E-state index in [9.17, 15) is 4.79 Å². The SMILES string of the molecule is CCCC(=O)NCCOCCOCCOCCN=[N+]=[N-]. The van der Waals surface area contributed by atoms with Crippen molar-refractivity contribution in [3.05, 3.63) is 10.4 Å². The molecule has 116 valence electrons. The molecule has 0 atom stereocenters. The van der Waals surface area contributed by atoms with Crippen LogP contribution >= 0.6 is 0 Å². The molecule has 1 amide bonds. The summed E-state index contributed by atoms with van der Waals surface area (Å²) < 4.78 is 15.7. The Morgan fingerprint density at radius 2 is 1.70 bits per heavy atom. The molecule has 0 saturated carbocycles. The van der Waals surface area contributed by atoms with Gasteiger partial charge in [-0.25, -0.2) is 0 Å². The summed E-state index contributed by atoms with van der Waals surface area (Å²) in [5, 5.41) is 6.10. The van der Waals surface area contributed by atoms with Gasteiger partial charge in [0.1, 0.15) is 0 Å². The lowest BCUT2D eigenvalue weighted by Gasteiger charge is -2.07. The van der Waals surface area contributed by atoms with E-state index in [1.165, 1.54) is 0 Å². The van der Waals surface area contributed by atoms with E-state index in [2.05, 4.69) is 15.3 Å². The van der Waals surface area contributed by atoms with E-state index in [1.807, 2.05) is 6.92 Å². The minimum absolute atomic E-state index is 0.0604. The highest BCUT2D eigenvalue weighted by atomic mass is 16.5. The van der Waals surface area contributed by atoms with Crippen LogP contribution < -0.4 is 5.32 Å². The van der Waals surface area contributed by atoms with Crippen LogP contribution in [0.25, 0.3) is 10.4 Å². The van der Waals surface area contributed by atoms with Crippen molar-refractivity contribution >= 4 is 5.91 Å². The first kappa shape index (κ1) is 18.7. The second-order valence-corrected chi connectivity index (χ2v) is 3.89. The molecule has 0 aromatic heterocycles. The molecule has 0 aliphatic heterocycles. The van der Waals surface area contributed by atoms with Crippen molar-refractivity contribution in [2.75, 3.05) is 52.7 Å². The van der Waals surface area contributed by atoms with E-state index < -0.39 is 0 Å². The Labute approximate surface area is 119 Å². The molecule has 8 nitrogen and oxygen atoms in total. The van der Waals surface area contributed by atoms with Crippen molar-refractivity contribution in [1.29, 1.82) is 0 Å². The molecule has 0 unspecified atom stereocenters. The average molecular weight is 288 g/mol. The van der Waals surface area contributed by atoms with Crippen LogP contribution in [0.4, 0.5) is 0 Å². The molecule has 1 N–H and O–H groups in total. The summed E-state index contributed by atoms with van der Waals surface area (Å²) in [6.07, 6.45) is 1.41. The topological polar surface area (TPSA) is 106 Å². The number of carbonyl (C=O) groups is 1. The van der Waals surface area contributed by atoms with Crippen molar-refractivity contribution in [1.82, 2.24) is 5.32 Å². The molecule has 0 saturated heterocycles. The average Bonchev–Trinajstić information content (AvgIpc) is 2.44. The number of amides is 1. The Morgan fingerprint density at radius 3 is 2.30 bits per heavy atom. The van der Waals surface area contributed by atoms with Gasteiger partial charge in [-0.1, -0.05) is 12.0 Å². The van der Waals surface area contributed by atoms with Gasteiger partial charge >= 0.3 is 0 Å². The fourth-order valence-electron chi connectivity index (χ4n) is 1.27. The van der Waals surface area contributed by atoms with Gasteiger partial charge in [0, 0.05) is 24.4 Å². The number of hydrogen-bond acceptors (Lipinski definition) is 5. The van der Waals surface area contributed by atoms with E-state index in [-0.39, 0.29) is 5.91 Å². The third-order valence-electron chi connectivity index (χ3n) is 2.19. The Bertz CT molecular complexity index is 283. The summed E-state index contributed by atoms with van der Waals surface area (Å²) in [5.74, 6) is 0.0604. The Balaban J connectivity index is 3.06. The van der Waals surface area contributed by atoms with Gasteiger partial charge in [0.25, 0.3) is 0 Å². The van der Waals surface area contributed by atoms with Crippen LogP contribution in [0.15, 0.2) is 5.11 Å². The zero-order valence-corrected chi connectivity index (χ0v) is 12.0. The molecule has 0 aromatic carbocycles. The number of ether oxygens (including phenoxy) is 3. The van der Waals surface area contributed by atoms with Gasteiger partial charge < -0.3 is 19.5 Å². The first-order valence-electron chi connectivity index (χ1n) is 6.82. The van der Waals surface area contributed by atoms with Crippen LogP contribution in [-0.2, 0) is 19.0 Å². The minimum Gasteiger partial charge on any atom is -0.379 e. The van der Waals surface area contributed by atoms with E-state index in [4.69, 9.17) is 19.7 Å². The Morgan fingerprint density at radius 1 is 1.10 bits per heavy atom. The molecule has 0 bridgehead atoms. The highest BCUT2D eigenvalue weighted by Crippen LogP contribution is 1.85. The van der Waals surface area contributed by atoms with Gasteiger partial charge in [0.15, 0.2) is 0 Å². The molecule has 8 heteroatoms. The molecule has 0 aliphatic rings. The highest BCUT2D eigenvalue weighted by molar-refractivity contribution is 5.75. The van der Waals surface area contributed by atoms with E-state index in [0.717, 1.165) is 6.42 Å². The monoisotopic (exact) mass is 288 g/mol. The zero-order chi connectivity index (χ0) is 14.9. The first-order valence-corrected chi connectivity index (χ1v) is 6.82. The lowest BCUT2D eigenvalue weighted by atomic mass is 10.3. The van der Waals surface area contributed by atoms with E-state index >= 15 is 0 Å². The number of rotatable bonds is 14. The predicted octanol–water partition coefficient (Wildman–Crippen LogP) is 1.26. The molecule has 0 spiro atoms. The highest BCUT2D eigenvalue weighted by Gasteiger charge is 1.97. The van der Waals surface area contributed by atoms with E-state index in [0.29, 0.717) is 59.2 Å². The van der Waals surface area contributed by atoms with Gasteiger partial charge in [0.2, 0.25) is 5.91 Å². The van der Waals surface area contributed by atoms with Crippen molar-refractivity contribution in [2.45, 2.75) is 19.8 Å². The summed E-state index contributed by atoms with van der Waals surface area (Å²) in [6, 6.07) is 0. The molecular weight excluding hydrogens is 264 g/mol. The summed E-state index contributed by atoms with van der Waals surface area (Å²) in [6.45, 7) is 5.65. The van der Waals surface area contributed by atoms with Crippen LogP contribution in [0, 0.1) is 0 Å². The molecule has 0 radical (unpaired) electrons. The van der Waals surface area contributed by atoms with E-state index in [1.54, 1.807) is 0 Å². The summed E-state index contributed by atoms with van der Waals surface area (Å²) in [5.41, 5.74) is 8.03. The summed E-state index contributed by atoms with van der Waals surface area (Å²) in [4.78, 5) is 13.7. The Hall–Kier alpha value is -1.34. The number of nitrogens with one attached hydrogen (secondary N) is 1. The van der Waals surface area contributed by atoms with Gasteiger partial charge in [-0.05, 0) is 12.0 Å². The number of hydrogen-bond donors (Lipinski definition) is 1. The molecule has 0 rings (SSSR count). The van der Waals surface area contributed by atoms with Gasteiger partial charge in [-0.3, -0.25) is 4.79 Å². The number of carbonyl (C=O) groups excluding carboxylic acids is 1. The molecule has 0 fully saturated rings. The molecule has 0 heterocycles. The zero-order valence-electron chi connectivity index (χ0n) is 12.0. The maximum Gasteiger partial charge on any atom is 0.220 e. The number of azide groups is 1. The standard InChI is InChI=1S/C12H24N4O4/c1-2-3-12(17)14-4-6-18-8-10-20-11-9-19-7-5-15-16-13/h2-11H2,1H3,(H,14,17). The van der Waals surface area contributed by atoms with Gasteiger partial charge in [0.05, 0.1) is 39.6 Å². The normalized spacial score (nSPS) is 10.1.